The van der Waals surface area contributed by atoms with Crippen LogP contribution >= 0.6 is 34.5 Å². The molecule has 5 nitrogen and oxygen atoms in total. The first-order chi connectivity index (χ1) is 9.70. The quantitative estimate of drug-likeness (QED) is 0.875. The van der Waals surface area contributed by atoms with Gasteiger partial charge < -0.3 is 5.32 Å². The molecule has 0 fully saturated rings. The van der Waals surface area contributed by atoms with E-state index in [1.165, 1.54) is 29.5 Å². The minimum Gasteiger partial charge on any atom is -0.320 e. The van der Waals surface area contributed by atoms with Crippen molar-refractivity contribution in [1.82, 2.24) is 0 Å². The monoisotopic (exact) mass is 364 g/mol. The molecule has 0 aliphatic carbocycles. The molecule has 0 unspecified atom stereocenters. The third-order valence-electron chi connectivity index (χ3n) is 2.62. The van der Waals surface area contributed by atoms with Crippen LogP contribution in [0, 0.1) is 6.92 Å². The molecular weight excluding hydrogens is 355 g/mol. The van der Waals surface area contributed by atoms with Crippen LogP contribution in [0.2, 0.25) is 10.0 Å². The highest BCUT2D eigenvalue weighted by Gasteiger charge is 2.17. The van der Waals surface area contributed by atoms with Crippen LogP contribution in [0.25, 0.3) is 0 Å². The lowest BCUT2D eigenvalue weighted by Crippen LogP contribution is -2.14. The Morgan fingerprint density at radius 1 is 1.33 bits per heavy atom. The van der Waals surface area contributed by atoms with Gasteiger partial charge in [-0.3, -0.25) is 4.79 Å². The molecule has 0 saturated carbocycles. The highest BCUT2D eigenvalue weighted by atomic mass is 35.5. The summed E-state index contributed by atoms with van der Waals surface area (Å²) in [7, 11) is -3.88. The molecule has 0 aliphatic rings. The second-order valence-electron chi connectivity index (χ2n) is 4.20. The smallest absolute Gasteiger partial charge is 0.267 e. The number of carbonyl (C=O) groups is 1. The van der Waals surface area contributed by atoms with E-state index in [0.717, 1.165) is 5.56 Å². The fourth-order valence-electron chi connectivity index (χ4n) is 1.54. The van der Waals surface area contributed by atoms with Gasteiger partial charge in [0.25, 0.3) is 5.91 Å². The zero-order valence-electron chi connectivity index (χ0n) is 10.7. The molecule has 21 heavy (non-hydrogen) atoms. The van der Waals surface area contributed by atoms with Gasteiger partial charge in [0.05, 0.1) is 20.6 Å². The summed E-state index contributed by atoms with van der Waals surface area (Å²) in [5.41, 5.74) is 0.937. The van der Waals surface area contributed by atoms with E-state index in [0.29, 0.717) is 9.90 Å². The van der Waals surface area contributed by atoms with E-state index in [2.05, 4.69) is 5.32 Å². The van der Waals surface area contributed by atoms with Gasteiger partial charge in [0.1, 0.15) is 4.88 Å². The fraction of sp³-hybridized carbons (Fsp3) is 0.0833. The van der Waals surface area contributed by atoms with Crippen molar-refractivity contribution in [2.75, 3.05) is 5.32 Å². The van der Waals surface area contributed by atoms with Crippen LogP contribution in [0.3, 0.4) is 0 Å². The molecule has 1 aromatic carbocycles. The number of anilines is 1. The summed E-state index contributed by atoms with van der Waals surface area (Å²) in [5.74, 6) is -0.466. The normalized spacial score (nSPS) is 11.4. The molecule has 2 rings (SSSR count). The van der Waals surface area contributed by atoms with Crippen molar-refractivity contribution in [3.05, 3.63) is 44.1 Å². The highest BCUT2D eigenvalue weighted by molar-refractivity contribution is 7.89. The first kappa shape index (κ1) is 16.3. The van der Waals surface area contributed by atoms with E-state index in [-0.39, 0.29) is 15.6 Å². The van der Waals surface area contributed by atoms with Crippen molar-refractivity contribution < 1.29 is 13.2 Å². The Balaban J connectivity index is 2.35. The Kier molecular flexibility index (Phi) is 4.60. The summed E-state index contributed by atoms with van der Waals surface area (Å²) in [5, 5.41) is 9.87. The molecule has 1 amide bonds. The second kappa shape index (κ2) is 5.94. The summed E-state index contributed by atoms with van der Waals surface area (Å²) in [4.78, 5) is 12.3. The predicted octanol–water partition coefficient (Wildman–Crippen LogP) is 3.26. The van der Waals surface area contributed by atoms with Gasteiger partial charge in [-0.1, -0.05) is 23.2 Å². The average Bonchev–Trinajstić information content (AvgIpc) is 2.71. The van der Waals surface area contributed by atoms with Crippen molar-refractivity contribution in [3.63, 3.8) is 0 Å². The van der Waals surface area contributed by atoms with Crippen molar-refractivity contribution in [1.29, 1.82) is 0 Å². The van der Waals surface area contributed by atoms with Crippen LogP contribution in [0.4, 0.5) is 5.69 Å². The number of aryl methyl sites for hydroxylation is 1. The number of thiophene rings is 1. The third-order valence-corrected chi connectivity index (χ3v) is 5.56. The molecule has 1 heterocycles. The summed E-state index contributed by atoms with van der Waals surface area (Å²) >= 11 is 13.1. The zero-order chi connectivity index (χ0) is 15.8. The number of sulfonamides is 1. The van der Waals surface area contributed by atoms with Gasteiger partial charge in [-0.25, -0.2) is 13.6 Å². The largest absolute Gasteiger partial charge is 0.320 e. The molecule has 3 N–H and O–H groups in total. The number of rotatable bonds is 3. The Hall–Kier alpha value is -1.12. The van der Waals surface area contributed by atoms with E-state index >= 15 is 0 Å². The summed E-state index contributed by atoms with van der Waals surface area (Å²) < 4.78 is 22.6. The lowest BCUT2D eigenvalue weighted by Gasteiger charge is -2.08. The second-order valence-corrected chi connectivity index (χ2v) is 7.43. The van der Waals surface area contributed by atoms with Gasteiger partial charge in [-0.2, -0.15) is 0 Å². The molecule has 0 spiro atoms. The first-order valence-electron chi connectivity index (χ1n) is 5.57. The highest BCUT2D eigenvalue weighted by Crippen LogP contribution is 2.30. The van der Waals surface area contributed by atoms with Gasteiger partial charge >= 0.3 is 0 Å². The Morgan fingerprint density at radius 3 is 2.52 bits per heavy atom. The van der Waals surface area contributed by atoms with Crippen molar-refractivity contribution in [3.8, 4) is 0 Å². The number of hydrogen-bond donors (Lipinski definition) is 2. The number of benzene rings is 1. The Labute approximate surface area is 135 Å². The number of hydrogen-bond acceptors (Lipinski definition) is 4. The van der Waals surface area contributed by atoms with Crippen molar-refractivity contribution in [2.45, 2.75) is 11.8 Å². The Morgan fingerprint density at radius 2 is 2.00 bits per heavy atom. The van der Waals surface area contributed by atoms with Gasteiger partial charge in [-0.05, 0) is 36.1 Å². The minimum atomic E-state index is -3.88. The fourth-order valence-corrected chi connectivity index (χ4v) is 3.42. The van der Waals surface area contributed by atoms with Gasteiger partial charge in [0.2, 0.25) is 10.0 Å². The molecule has 112 valence electrons. The summed E-state index contributed by atoms with van der Waals surface area (Å²) in [6, 6.07) is 3.80. The molecular formula is C12H10Cl2N2O3S2. The van der Waals surface area contributed by atoms with Crippen molar-refractivity contribution in [2.24, 2.45) is 5.14 Å². The number of nitrogens with one attached hydrogen (secondary N) is 1. The van der Waals surface area contributed by atoms with E-state index in [9.17, 15) is 13.2 Å². The first-order valence-corrected chi connectivity index (χ1v) is 8.75. The van der Waals surface area contributed by atoms with E-state index in [4.69, 9.17) is 28.3 Å². The maximum atomic E-state index is 12.1. The zero-order valence-corrected chi connectivity index (χ0v) is 13.8. The SMILES string of the molecule is Cc1csc(C(=O)Nc2cc(S(N)(=O)=O)ccc2Cl)c1Cl. The van der Waals surface area contributed by atoms with Crippen LogP contribution in [0.1, 0.15) is 15.2 Å². The standard InChI is InChI=1S/C12H10Cl2N2O3S2/c1-6-5-20-11(10(6)14)12(17)16-9-4-7(21(15,18)19)2-3-8(9)13/h2-5H,1H3,(H,16,17)(H2,15,18,19). The van der Waals surface area contributed by atoms with Crippen LogP contribution in [0.15, 0.2) is 28.5 Å². The van der Waals surface area contributed by atoms with Gasteiger partial charge in [0, 0.05) is 0 Å². The molecule has 0 bridgehead atoms. The predicted molar refractivity (Wildman–Crippen MR) is 84.8 cm³/mol. The van der Waals surface area contributed by atoms with Crippen LogP contribution in [-0.4, -0.2) is 14.3 Å². The van der Waals surface area contributed by atoms with Crippen molar-refractivity contribution >= 4 is 56.2 Å². The van der Waals surface area contributed by atoms with E-state index < -0.39 is 15.9 Å². The van der Waals surface area contributed by atoms with Crippen LogP contribution < -0.4 is 10.5 Å². The average molecular weight is 365 g/mol. The molecule has 9 heteroatoms. The number of amides is 1. The van der Waals surface area contributed by atoms with Gasteiger partial charge in [0.15, 0.2) is 0 Å². The number of primary sulfonamides is 1. The molecule has 0 saturated heterocycles. The maximum absolute atomic E-state index is 12.1. The third kappa shape index (κ3) is 3.56. The Bertz CT molecular complexity index is 816. The number of nitrogens with two attached hydrogens (primary N) is 1. The number of carbonyl (C=O) groups excluding carboxylic acids is 1. The lowest BCUT2D eigenvalue weighted by atomic mass is 10.3. The molecule has 0 radical (unpaired) electrons. The lowest BCUT2D eigenvalue weighted by molar-refractivity contribution is 0.103. The van der Waals surface area contributed by atoms with E-state index in [1.54, 1.807) is 12.3 Å². The number of halogens is 2. The summed E-state index contributed by atoms with van der Waals surface area (Å²) in [6.45, 7) is 1.78. The molecule has 0 aliphatic heterocycles. The minimum absolute atomic E-state index is 0.143. The summed E-state index contributed by atoms with van der Waals surface area (Å²) in [6.07, 6.45) is 0. The van der Waals surface area contributed by atoms with Crippen LogP contribution in [-0.2, 0) is 10.0 Å². The molecule has 0 atom stereocenters. The molecule has 2 aromatic rings. The molecule has 1 aromatic heterocycles. The van der Waals surface area contributed by atoms with E-state index in [1.807, 2.05) is 0 Å². The topological polar surface area (TPSA) is 89.3 Å². The van der Waals surface area contributed by atoms with Crippen LogP contribution in [0.5, 0.6) is 0 Å². The van der Waals surface area contributed by atoms with Gasteiger partial charge in [-0.15, -0.1) is 11.3 Å². The maximum Gasteiger partial charge on any atom is 0.267 e.